The maximum Gasteiger partial charge on any atom is 0.426 e. The molecular formula is C46H71N7O11S. The van der Waals surface area contributed by atoms with Crippen LogP contribution in [-0.4, -0.2) is 113 Å². The van der Waals surface area contributed by atoms with Crippen molar-refractivity contribution in [3.05, 3.63) is 45.9 Å². The maximum atomic E-state index is 14.9. The van der Waals surface area contributed by atoms with Crippen molar-refractivity contribution < 1.29 is 52.9 Å². The Morgan fingerprint density at radius 1 is 0.938 bits per heavy atom. The van der Waals surface area contributed by atoms with Crippen molar-refractivity contribution in [2.45, 2.75) is 144 Å². The summed E-state index contributed by atoms with van der Waals surface area (Å²) < 4.78 is 16.4. The first kappa shape index (κ1) is 54.0. The van der Waals surface area contributed by atoms with Crippen molar-refractivity contribution in [2.75, 3.05) is 26.9 Å². The van der Waals surface area contributed by atoms with Crippen LogP contribution in [0.25, 0.3) is 0 Å². The molecule has 65 heavy (non-hydrogen) atoms. The minimum Gasteiger partial charge on any atom is -0.508 e. The van der Waals surface area contributed by atoms with E-state index in [0.29, 0.717) is 12.8 Å². The molecule has 1 aliphatic heterocycles. The molecule has 3 rings (SSSR count). The number of amides is 5. The number of carbonyl (C=O) groups is 7. The third kappa shape index (κ3) is 17.5. The fraction of sp³-hybridized carbons (Fsp3) is 0.652. The molecular weight excluding hydrogens is 859 g/mol. The van der Waals surface area contributed by atoms with Gasteiger partial charge in [0.2, 0.25) is 17.7 Å². The van der Waals surface area contributed by atoms with Crippen molar-refractivity contribution in [3.63, 3.8) is 0 Å². The van der Waals surface area contributed by atoms with E-state index in [2.05, 4.69) is 26.5 Å². The lowest BCUT2D eigenvalue weighted by molar-refractivity contribution is -0.161. The zero-order chi connectivity index (χ0) is 48.4. The van der Waals surface area contributed by atoms with Crippen molar-refractivity contribution in [1.82, 2.24) is 36.3 Å². The summed E-state index contributed by atoms with van der Waals surface area (Å²) in [4.78, 5) is 101. The van der Waals surface area contributed by atoms with E-state index >= 15 is 0 Å². The van der Waals surface area contributed by atoms with Crippen molar-refractivity contribution in [1.29, 1.82) is 0 Å². The number of nitrogens with zero attached hydrogens (tertiary/aromatic N) is 3. The zero-order valence-corrected chi connectivity index (χ0v) is 40.5. The van der Waals surface area contributed by atoms with Gasteiger partial charge in [-0.15, -0.1) is 11.3 Å². The number of likely N-dealkylation sites (N-methyl/N-ethyl adjacent to an activating group) is 1. The number of thiazole rings is 1. The Hall–Kier alpha value is -5.30. The van der Waals surface area contributed by atoms with Gasteiger partial charge < -0.3 is 34.9 Å². The van der Waals surface area contributed by atoms with Gasteiger partial charge in [-0.25, -0.2) is 15.2 Å². The summed E-state index contributed by atoms with van der Waals surface area (Å²) in [7, 11) is 1.90. The number of aromatic nitrogens is 1. The van der Waals surface area contributed by atoms with E-state index in [1.54, 1.807) is 26.0 Å². The Labute approximate surface area is 387 Å². The van der Waals surface area contributed by atoms with Gasteiger partial charge in [0, 0.05) is 43.1 Å². The fourth-order valence-corrected chi connectivity index (χ4v) is 8.44. The Morgan fingerprint density at radius 2 is 1.63 bits per heavy atom. The number of hydrogen-bond donors (Lipinski definition) is 5. The number of hydrazine groups is 1. The second-order valence-electron chi connectivity index (χ2n) is 17.6. The third-order valence-corrected chi connectivity index (χ3v) is 12.4. The van der Waals surface area contributed by atoms with E-state index in [1.807, 2.05) is 53.5 Å². The number of hydrogen-bond acceptors (Lipinski definition) is 14. The standard InChI is InChI=1S/C46H71N7O11S/c1-11-29(7)40(49-43(59)36-15-13-14-20-52(36)10)45(60)53(26-63-39(56)21-27(3)4)37(28(5)6)24-38(64-31(9)54)44-48-35(25-65-44)42(58)47-33(23-32-16-18-34(55)19-17-32)22-30(8)41(57)50-51-46(61)62-12-2/h16-19,25,27-30,33,36-38,40,55H,11-15,20-24,26H2,1-10H3,(H,47,58)(H,49,59)(H,50,57)(H,51,61)/t29?,30-,33+,36+,37+,38-,40-/m0/s1. The first-order valence-corrected chi connectivity index (χ1v) is 23.5. The first-order valence-electron chi connectivity index (χ1n) is 22.6. The summed E-state index contributed by atoms with van der Waals surface area (Å²) in [5, 5.41) is 17.7. The third-order valence-electron chi connectivity index (χ3n) is 11.4. The van der Waals surface area contributed by atoms with Crippen LogP contribution in [0.2, 0.25) is 0 Å². The number of phenolic OH excluding ortho intramolecular Hbond substituents is 1. The molecule has 0 saturated carbocycles. The van der Waals surface area contributed by atoms with Gasteiger partial charge in [0.25, 0.3) is 5.91 Å². The van der Waals surface area contributed by atoms with Gasteiger partial charge in [-0.05, 0) is 81.6 Å². The van der Waals surface area contributed by atoms with Gasteiger partial charge in [0.05, 0.1) is 12.6 Å². The summed E-state index contributed by atoms with van der Waals surface area (Å²) in [6.45, 7) is 16.4. The van der Waals surface area contributed by atoms with Crippen LogP contribution in [0, 0.1) is 23.7 Å². The molecule has 5 N–H and O–H groups in total. The summed E-state index contributed by atoms with van der Waals surface area (Å²) in [5.41, 5.74) is 5.30. The molecule has 1 unspecified atom stereocenters. The summed E-state index contributed by atoms with van der Waals surface area (Å²) >= 11 is 1.09. The van der Waals surface area contributed by atoms with E-state index in [9.17, 15) is 38.7 Å². The number of nitrogens with one attached hydrogen (secondary N) is 4. The van der Waals surface area contributed by atoms with E-state index in [-0.39, 0.29) is 72.4 Å². The SMILES string of the molecule is CCOC(=O)NNC(=O)[C@@H](C)C[C@H](Cc1ccc(O)cc1)NC(=O)c1csc([C@H](C[C@H](C(C)C)N(COC(=O)CC(C)C)C(=O)[C@@H](NC(=O)[C@H]2CCCCN2C)C(C)CC)OC(C)=O)n1. The minimum atomic E-state index is -1.04. The molecule has 1 aliphatic rings. The van der Waals surface area contributed by atoms with E-state index in [1.165, 1.54) is 29.3 Å². The highest BCUT2D eigenvalue weighted by Gasteiger charge is 2.39. The zero-order valence-electron chi connectivity index (χ0n) is 39.6. The quantitative estimate of drug-likeness (QED) is 0.0407. The molecule has 1 aromatic carbocycles. The van der Waals surface area contributed by atoms with E-state index in [4.69, 9.17) is 14.2 Å². The highest BCUT2D eigenvalue weighted by molar-refractivity contribution is 7.09. The van der Waals surface area contributed by atoms with Gasteiger partial charge in [-0.1, -0.05) is 73.4 Å². The molecule has 362 valence electrons. The molecule has 2 heterocycles. The minimum absolute atomic E-state index is 0.00270. The topological polar surface area (TPSA) is 235 Å². The first-order chi connectivity index (χ1) is 30.7. The molecule has 5 amide bonds. The summed E-state index contributed by atoms with van der Waals surface area (Å²) in [5.74, 6) is -4.09. The Morgan fingerprint density at radius 3 is 2.23 bits per heavy atom. The normalized spacial score (nSPS) is 16.8. The van der Waals surface area contributed by atoms with E-state index in [0.717, 1.165) is 36.3 Å². The molecule has 1 aromatic heterocycles. The molecule has 0 aliphatic carbocycles. The van der Waals surface area contributed by atoms with Crippen LogP contribution < -0.4 is 21.5 Å². The summed E-state index contributed by atoms with van der Waals surface area (Å²) in [6.07, 6.45) is 1.82. The second-order valence-corrected chi connectivity index (χ2v) is 18.5. The van der Waals surface area contributed by atoms with Crippen LogP contribution in [0.1, 0.15) is 134 Å². The fourth-order valence-electron chi connectivity index (χ4n) is 7.60. The second kappa shape index (κ2) is 26.6. The van der Waals surface area contributed by atoms with Crippen LogP contribution in [0.3, 0.4) is 0 Å². The largest absolute Gasteiger partial charge is 0.508 e. The van der Waals surface area contributed by atoms with Crippen LogP contribution in [-0.2, 0) is 44.6 Å². The highest BCUT2D eigenvalue weighted by Crippen LogP contribution is 2.32. The van der Waals surface area contributed by atoms with Gasteiger partial charge >= 0.3 is 18.0 Å². The molecule has 18 nitrogen and oxygen atoms in total. The van der Waals surface area contributed by atoms with Crippen LogP contribution in [0.15, 0.2) is 29.6 Å². The molecule has 7 atom stereocenters. The van der Waals surface area contributed by atoms with E-state index < -0.39 is 78.7 Å². The number of rotatable bonds is 23. The van der Waals surface area contributed by atoms with Crippen molar-refractivity contribution >= 4 is 53.0 Å². The van der Waals surface area contributed by atoms with Crippen molar-refractivity contribution in [2.24, 2.45) is 23.7 Å². The molecule has 1 saturated heterocycles. The number of ether oxygens (including phenoxy) is 3. The molecule has 0 bridgehead atoms. The number of aromatic hydroxyl groups is 1. The number of carbonyl (C=O) groups excluding carboxylic acids is 7. The predicted molar refractivity (Wildman–Crippen MR) is 244 cm³/mol. The Balaban J connectivity index is 1.95. The number of benzene rings is 1. The average Bonchev–Trinajstić information content (AvgIpc) is 3.75. The predicted octanol–water partition coefficient (Wildman–Crippen LogP) is 5.40. The molecule has 19 heteroatoms. The van der Waals surface area contributed by atoms with Gasteiger partial charge in [0.15, 0.2) is 12.8 Å². The average molecular weight is 930 g/mol. The maximum absolute atomic E-state index is 14.9. The highest BCUT2D eigenvalue weighted by atomic mass is 32.1. The lowest BCUT2D eigenvalue weighted by Gasteiger charge is -2.39. The summed E-state index contributed by atoms with van der Waals surface area (Å²) in [6, 6.07) is 3.76. The van der Waals surface area contributed by atoms with Crippen LogP contribution in [0.5, 0.6) is 5.75 Å². The van der Waals surface area contributed by atoms with Crippen LogP contribution in [0.4, 0.5) is 4.79 Å². The number of likely N-dealkylation sites (tertiary alicyclic amines) is 1. The van der Waals surface area contributed by atoms with Crippen LogP contribution >= 0.6 is 11.3 Å². The number of phenols is 1. The molecule has 0 radical (unpaired) electrons. The molecule has 1 fully saturated rings. The molecule has 2 aromatic rings. The monoisotopic (exact) mass is 929 g/mol. The lowest BCUT2D eigenvalue weighted by atomic mass is 9.92. The van der Waals surface area contributed by atoms with Gasteiger partial charge in [-0.2, -0.15) is 0 Å². The Kier molecular flexibility index (Phi) is 22.1. The number of piperidine rings is 1. The lowest BCUT2D eigenvalue weighted by Crippen LogP contribution is -2.59. The number of esters is 2. The van der Waals surface area contributed by atoms with Gasteiger partial charge in [0.1, 0.15) is 22.5 Å². The van der Waals surface area contributed by atoms with Crippen molar-refractivity contribution in [3.8, 4) is 5.75 Å². The van der Waals surface area contributed by atoms with Gasteiger partial charge in [-0.3, -0.25) is 39.1 Å². The smallest absolute Gasteiger partial charge is 0.426 e. The Bertz CT molecular complexity index is 1890. The molecule has 0 spiro atoms.